The van der Waals surface area contributed by atoms with E-state index in [1.54, 1.807) is 7.11 Å². The summed E-state index contributed by atoms with van der Waals surface area (Å²) in [4.78, 5) is 13.8. The number of pyridine rings is 1. The molecule has 82 valence electrons. The van der Waals surface area contributed by atoms with Crippen LogP contribution in [0.15, 0.2) is 12.3 Å². The standard InChI is InChI=1S/C8H10ClN3O3/c1-15-5-4-10-6-2-3-11-8(9)7(6)12(13)14/h2-3H,4-5H2,1H3,(H,10,11). The SMILES string of the molecule is COCCNc1ccnc(Cl)c1[N+](=O)[O-]. The summed E-state index contributed by atoms with van der Waals surface area (Å²) in [7, 11) is 1.55. The molecule has 0 unspecified atom stereocenters. The first-order chi connectivity index (χ1) is 7.16. The van der Waals surface area contributed by atoms with E-state index in [0.29, 0.717) is 18.8 Å². The Morgan fingerprint density at radius 2 is 2.47 bits per heavy atom. The molecule has 1 N–H and O–H groups in total. The van der Waals surface area contributed by atoms with E-state index in [2.05, 4.69) is 10.3 Å². The number of hydrogen-bond donors (Lipinski definition) is 1. The molecule has 1 aromatic heterocycles. The van der Waals surface area contributed by atoms with E-state index in [1.165, 1.54) is 12.3 Å². The van der Waals surface area contributed by atoms with E-state index in [1.807, 2.05) is 0 Å². The molecule has 0 bridgehead atoms. The van der Waals surface area contributed by atoms with Gasteiger partial charge in [-0.25, -0.2) is 4.98 Å². The molecule has 1 rings (SSSR count). The summed E-state index contributed by atoms with van der Waals surface area (Å²) in [5, 5.41) is 13.4. The van der Waals surface area contributed by atoms with Gasteiger partial charge in [-0.2, -0.15) is 0 Å². The Morgan fingerprint density at radius 1 is 1.73 bits per heavy atom. The quantitative estimate of drug-likeness (QED) is 0.361. The maximum atomic E-state index is 10.7. The predicted molar refractivity (Wildman–Crippen MR) is 56.3 cm³/mol. The lowest BCUT2D eigenvalue weighted by atomic mass is 10.3. The molecule has 1 aromatic rings. The summed E-state index contributed by atoms with van der Waals surface area (Å²) in [5.74, 6) is 0. The van der Waals surface area contributed by atoms with Gasteiger partial charge in [-0.05, 0) is 6.07 Å². The van der Waals surface area contributed by atoms with E-state index < -0.39 is 4.92 Å². The fraction of sp³-hybridized carbons (Fsp3) is 0.375. The molecule has 0 aromatic carbocycles. The Bertz CT molecular complexity index is 359. The Hall–Kier alpha value is -1.40. The van der Waals surface area contributed by atoms with Crippen molar-refractivity contribution >= 4 is 23.0 Å². The molecule has 0 fully saturated rings. The second-order valence-electron chi connectivity index (χ2n) is 2.67. The van der Waals surface area contributed by atoms with Gasteiger partial charge in [0.05, 0.1) is 11.5 Å². The lowest BCUT2D eigenvalue weighted by molar-refractivity contribution is -0.384. The van der Waals surface area contributed by atoms with Crippen LogP contribution in [0.5, 0.6) is 0 Å². The highest BCUT2D eigenvalue weighted by molar-refractivity contribution is 6.32. The zero-order chi connectivity index (χ0) is 11.3. The summed E-state index contributed by atoms with van der Waals surface area (Å²) >= 11 is 5.61. The molecule has 0 atom stereocenters. The molecule has 6 nitrogen and oxygen atoms in total. The summed E-state index contributed by atoms with van der Waals surface area (Å²) in [5.41, 5.74) is 0.132. The second-order valence-corrected chi connectivity index (χ2v) is 3.03. The monoisotopic (exact) mass is 231 g/mol. The third-order valence-electron chi connectivity index (χ3n) is 1.68. The molecule has 0 amide bonds. The largest absolute Gasteiger partial charge is 0.383 e. The molecule has 0 aliphatic carbocycles. The minimum atomic E-state index is -0.565. The third-order valence-corrected chi connectivity index (χ3v) is 1.96. The van der Waals surface area contributed by atoms with Gasteiger partial charge in [-0.3, -0.25) is 10.1 Å². The predicted octanol–water partition coefficient (Wildman–Crippen LogP) is 1.70. The van der Waals surface area contributed by atoms with Crippen LogP contribution in [-0.2, 0) is 4.74 Å². The van der Waals surface area contributed by atoms with Crippen molar-refractivity contribution < 1.29 is 9.66 Å². The summed E-state index contributed by atoms with van der Waals surface area (Å²) in [6.07, 6.45) is 1.41. The molecular formula is C8H10ClN3O3. The topological polar surface area (TPSA) is 77.3 Å². The van der Waals surface area contributed by atoms with Gasteiger partial charge in [0.2, 0.25) is 5.15 Å². The molecule has 0 aliphatic heterocycles. The Labute approximate surface area is 91.4 Å². The zero-order valence-corrected chi connectivity index (χ0v) is 8.82. The van der Waals surface area contributed by atoms with Crippen molar-refractivity contribution in [3.05, 3.63) is 27.5 Å². The molecule has 1 heterocycles. The average Bonchev–Trinajstić information content (AvgIpc) is 2.17. The van der Waals surface area contributed by atoms with Crippen molar-refractivity contribution in [3.63, 3.8) is 0 Å². The van der Waals surface area contributed by atoms with Crippen molar-refractivity contribution in [2.45, 2.75) is 0 Å². The van der Waals surface area contributed by atoms with Crippen molar-refractivity contribution in [1.82, 2.24) is 4.98 Å². The van der Waals surface area contributed by atoms with Gasteiger partial charge in [0.1, 0.15) is 5.69 Å². The molecule has 0 radical (unpaired) electrons. The summed E-state index contributed by atoms with van der Waals surface area (Å²) in [6.45, 7) is 0.925. The lowest BCUT2D eigenvalue weighted by Crippen LogP contribution is -2.09. The van der Waals surface area contributed by atoms with Crippen LogP contribution in [-0.4, -0.2) is 30.2 Å². The highest BCUT2D eigenvalue weighted by Gasteiger charge is 2.18. The molecule has 0 aliphatic rings. The number of methoxy groups -OCH3 is 1. The fourth-order valence-electron chi connectivity index (χ4n) is 1.03. The number of nitrogens with zero attached hydrogens (tertiary/aromatic N) is 2. The van der Waals surface area contributed by atoms with Gasteiger partial charge in [0.15, 0.2) is 0 Å². The molecule has 7 heteroatoms. The van der Waals surface area contributed by atoms with Crippen molar-refractivity contribution in [3.8, 4) is 0 Å². The summed E-state index contributed by atoms with van der Waals surface area (Å²) in [6, 6.07) is 1.50. The van der Waals surface area contributed by atoms with Crippen LogP contribution >= 0.6 is 11.6 Å². The maximum Gasteiger partial charge on any atom is 0.329 e. The second kappa shape index (κ2) is 5.47. The number of anilines is 1. The van der Waals surface area contributed by atoms with Crippen LogP contribution in [0.2, 0.25) is 5.15 Å². The molecular weight excluding hydrogens is 222 g/mol. The number of halogens is 1. The number of ether oxygens (including phenoxy) is 1. The van der Waals surface area contributed by atoms with Crippen molar-refractivity contribution in [2.24, 2.45) is 0 Å². The first kappa shape index (κ1) is 11.7. The van der Waals surface area contributed by atoms with E-state index >= 15 is 0 Å². The number of hydrogen-bond acceptors (Lipinski definition) is 5. The lowest BCUT2D eigenvalue weighted by Gasteiger charge is -2.06. The van der Waals surface area contributed by atoms with E-state index in [0.717, 1.165) is 0 Å². The Balaban J connectivity index is 2.86. The normalized spacial score (nSPS) is 10.0. The van der Waals surface area contributed by atoms with Crippen LogP contribution in [0, 0.1) is 10.1 Å². The van der Waals surface area contributed by atoms with E-state index in [4.69, 9.17) is 16.3 Å². The Kier molecular flexibility index (Phi) is 4.26. The number of rotatable bonds is 5. The van der Waals surface area contributed by atoms with Gasteiger partial charge in [-0.1, -0.05) is 11.6 Å². The van der Waals surface area contributed by atoms with Crippen LogP contribution in [0.1, 0.15) is 0 Å². The minimum Gasteiger partial charge on any atom is -0.383 e. The average molecular weight is 232 g/mol. The van der Waals surface area contributed by atoms with Gasteiger partial charge in [0, 0.05) is 19.9 Å². The highest BCUT2D eigenvalue weighted by atomic mass is 35.5. The van der Waals surface area contributed by atoms with Crippen LogP contribution < -0.4 is 5.32 Å². The molecule has 0 saturated carbocycles. The first-order valence-corrected chi connectivity index (χ1v) is 4.56. The van der Waals surface area contributed by atoms with Crippen molar-refractivity contribution in [2.75, 3.05) is 25.6 Å². The fourth-order valence-corrected chi connectivity index (χ4v) is 1.26. The third kappa shape index (κ3) is 3.03. The first-order valence-electron chi connectivity index (χ1n) is 4.18. The number of nitrogens with one attached hydrogen (secondary N) is 1. The minimum absolute atomic E-state index is 0.123. The van der Waals surface area contributed by atoms with Gasteiger partial charge >= 0.3 is 5.69 Å². The summed E-state index contributed by atoms with van der Waals surface area (Å²) < 4.78 is 4.81. The van der Waals surface area contributed by atoms with Crippen LogP contribution in [0.25, 0.3) is 0 Å². The molecule has 0 saturated heterocycles. The van der Waals surface area contributed by atoms with Crippen LogP contribution in [0.3, 0.4) is 0 Å². The smallest absolute Gasteiger partial charge is 0.329 e. The van der Waals surface area contributed by atoms with Gasteiger partial charge < -0.3 is 10.1 Å². The van der Waals surface area contributed by atoms with Crippen LogP contribution in [0.4, 0.5) is 11.4 Å². The maximum absolute atomic E-state index is 10.7. The number of nitro groups is 1. The highest BCUT2D eigenvalue weighted by Crippen LogP contribution is 2.29. The Morgan fingerprint density at radius 3 is 3.07 bits per heavy atom. The van der Waals surface area contributed by atoms with Gasteiger partial charge in [0.25, 0.3) is 0 Å². The van der Waals surface area contributed by atoms with Crippen molar-refractivity contribution in [1.29, 1.82) is 0 Å². The van der Waals surface area contributed by atoms with E-state index in [9.17, 15) is 10.1 Å². The zero-order valence-electron chi connectivity index (χ0n) is 8.07. The molecule has 0 spiro atoms. The molecule has 15 heavy (non-hydrogen) atoms. The van der Waals surface area contributed by atoms with Gasteiger partial charge in [-0.15, -0.1) is 0 Å². The number of aromatic nitrogens is 1. The van der Waals surface area contributed by atoms with E-state index in [-0.39, 0.29) is 10.8 Å².